The van der Waals surface area contributed by atoms with E-state index in [0.717, 1.165) is 0 Å². The van der Waals surface area contributed by atoms with Crippen molar-refractivity contribution in [1.29, 1.82) is 0 Å². The number of para-hydroxylation sites is 1. The summed E-state index contributed by atoms with van der Waals surface area (Å²) in [6, 6.07) is 10.4. The highest BCUT2D eigenvalue weighted by molar-refractivity contribution is 8.14. The van der Waals surface area contributed by atoms with Gasteiger partial charge < -0.3 is 9.84 Å². The SMILES string of the molecule is C=CCSC1=NN2C(=c3ccccc3=NC2c2cc(OC)c(O)cc2Cl)C(=O)N1. The van der Waals surface area contributed by atoms with E-state index in [-0.39, 0.29) is 22.4 Å². The second-order valence-electron chi connectivity index (χ2n) is 6.22. The molecule has 4 rings (SSSR count). The molecule has 0 spiro atoms. The average Bonchev–Trinajstić information content (AvgIpc) is 2.71. The van der Waals surface area contributed by atoms with Crippen LogP contribution in [0.15, 0.2) is 59.1 Å². The normalized spacial score (nSPS) is 17.5. The van der Waals surface area contributed by atoms with E-state index in [2.05, 4.69) is 17.0 Å². The summed E-state index contributed by atoms with van der Waals surface area (Å²) in [5.41, 5.74) is 0.937. The highest BCUT2D eigenvalue weighted by atomic mass is 35.5. The molecule has 0 bridgehead atoms. The number of hydrazone groups is 1. The van der Waals surface area contributed by atoms with E-state index in [1.807, 2.05) is 24.3 Å². The van der Waals surface area contributed by atoms with Crippen molar-refractivity contribution in [2.45, 2.75) is 6.17 Å². The van der Waals surface area contributed by atoms with Crippen LogP contribution in [0, 0.1) is 0 Å². The Morgan fingerprint density at radius 2 is 2.21 bits per heavy atom. The van der Waals surface area contributed by atoms with Crippen LogP contribution in [0.25, 0.3) is 5.70 Å². The van der Waals surface area contributed by atoms with Gasteiger partial charge >= 0.3 is 0 Å². The number of rotatable bonds is 4. The van der Waals surface area contributed by atoms with E-state index < -0.39 is 6.17 Å². The number of ether oxygens (including phenoxy) is 1. The van der Waals surface area contributed by atoms with Crippen LogP contribution in [0.1, 0.15) is 11.7 Å². The van der Waals surface area contributed by atoms with Crippen LogP contribution >= 0.6 is 23.4 Å². The maximum Gasteiger partial charge on any atom is 0.276 e. The third kappa shape index (κ3) is 3.45. The number of nitrogens with zero attached hydrogens (tertiary/aromatic N) is 3. The number of amides is 1. The molecule has 0 saturated heterocycles. The number of hydrogen-bond donors (Lipinski definition) is 2. The summed E-state index contributed by atoms with van der Waals surface area (Å²) in [4.78, 5) is 17.7. The molecule has 0 saturated carbocycles. The molecule has 0 fully saturated rings. The van der Waals surface area contributed by atoms with Gasteiger partial charge in [-0.1, -0.05) is 47.6 Å². The molecule has 2 heterocycles. The van der Waals surface area contributed by atoms with Crippen molar-refractivity contribution in [3.8, 4) is 11.5 Å². The molecule has 0 aromatic heterocycles. The number of amidine groups is 1. The zero-order chi connectivity index (χ0) is 20.5. The Kier molecular flexibility index (Phi) is 5.21. The molecular formula is C20H17ClN4O3S. The zero-order valence-corrected chi connectivity index (χ0v) is 17.0. The molecule has 1 amide bonds. The van der Waals surface area contributed by atoms with Crippen LogP contribution in [-0.4, -0.2) is 34.1 Å². The molecule has 1 atom stereocenters. The van der Waals surface area contributed by atoms with E-state index in [0.29, 0.717) is 32.8 Å². The number of thioether (sulfide) groups is 1. The first-order valence-corrected chi connectivity index (χ1v) is 10.1. The Morgan fingerprint density at radius 3 is 2.97 bits per heavy atom. The lowest BCUT2D eigenvalue weighted by Gasteiger charge is -2.34. The van der Waals surface area contributed by atoms with Gasteiger partial charge in [0.2, 0.25) is 0 Å². The summed E-state index contributed by atoms with van der Waals surface area (Å²) in [7, 11) is 1.45. The van der Waals surface area contributed by atoms with Gasteiger partial charge in [0.05, 0.1) is 17.5 Å². The van der Waals surface area contributed by atoms with Crippen molar-refractivity contribution in [1.82, 2.24) is 10.3 Å². The van der Waals surface area contributed by atoms with Crippen LogP contribution in [0.3, 0.4) is 0 Å². The van der Waals surface area contributed by atoms with Gasteiger partial charge in [-0.25, -0.2) is 5.01 Å². The summed E-state index contributed by atoms with van der Waals surface area (Å²) < 4.78 is 5.23. The lowest BCUT2D eigenvalue weighted by atomic mass is 10.1. The number of carbonyl (C=O) groups excluding carboxylic acids is 1. The number of nitrogens with one attached hydrogen (secondary N) is 1. The van der Waals surface area contributed by atoms with E-state index in [9.17, 15) is 9.90 Å². The number of benzene rings is 2. The van der Waals surface area contributed by atoms with Gasteiger partial charge in [-0.05, 0) is 12.1 Å². The average molecular weight is 429 g/mol. The minimum absolute atomic E-state index is 0.0798. The maximum atomic E-state index is 13.0. The second-order valence-corrected chi connectivity index (χ2v) is 7.63. The molecule has 2 aliphatic rings. The highest BCUT2D eigenvalue weighted by Crippen LogP contribution is 2.39. The Labute approximate surface area is 176 Å². The maximum absolute atomic E-state index is 13.0. The van der Waals surface area contributed by atoms with Crippen molar-refractivity contribution < 1.29 is 14.6 Å². The smallest absolute Gasteiger partial charge is 0.276 e. The molecule has 148 valence electrons. The van der Waals surface area contributed by atoms with E-state index in [4.69, 9.17) is 21.3 Å². The minimum atomic E-state index is -0.702. The first-order chi connectivity index (χ1) is 14.0. The summed E-state index contributed by atoms with van der Waals surface area (Å²) in [5.74, 6) is 0.491. The zero-order valence-electron chi connectivity index (χ0n) is 15.4. The molecule has 9 heteroatoms. The van der Waals surface area contributed by atoms with Gasteiger partial charge in [0.25, 0.3) is 5.91 Å². The standard InChI is InChI=1S/C20H17ClN4O3S/c1-3-8-29-20-23-19(27)17-11-6-4-5-7-14(11)22-18(25(17)24-20)12-9-16(28-2)15(26)10-13(12)21/h3-7,9-10,18,26H,1,8H2,2H3,(H,23,24,27). The van der Waals surface area contributed by atoms with Crippen LogP contribution in [0.4, 0.5) is 0 Å². The Balaban J connectivity index is 1.94. The van der Waals surface area contributed by atoms with E-state index >= 15 is 0 Å². The Hall–Kier alpha value is -2.97. The lowest BCUT2D eigenvalue weighted by Crippen LogP contribution is -2.50. The monoisotopic (exact) mass is 428 g/mol. The summed E-state index contributed by atoms with van der Waals surface area (Å²) in [6.07, 6.45) is 1.03. The Bertz CT molecular complexity index is 1160. The number of phenolic OH excluding ortho intramolecular Hbond substituents is 1. The van der Waals surface area contributed by atoms with Crippen molar-refractivity contribution >= 4 is 40.1 Å². The fraction of sp³-hybridized carbons (Fsp3) is 0.150. The van der Waals surface area contributed by atoms with Gasteiger partial charge in [0.1, 0.15) is 5.70 Å². The first-order valence-electron chi connectivity index (χ1n) is 8.70. The van der Waals surface area contributed by atoms with Crippen molar-refractivity contribution in [3.63, 3.8) is 0 Å². The fourth-order valence-electron chi connectivity index (χ4n) is 3.15. The van der Waals surface area contributed by atoms with Crippen LogP contribution < -0.4 is 20.6 Å². The largest absolute Gasteiger partial charge is 0.504 e. The Morgan fingerprint density at radius 1 is 1.41 bits per heavy atom. The van der Waals surface area contributed by atoms with Crippen molar-refractivity contribution in [2.24, 2.45) is 10.1 Å². The second kappa shape index (κ2) is 7.81. The van der Waals surface area contributed by atoms with Gasteiger partial charge in [-0.3, -0.25) is 15.1 Å². The van der Waals surface area contributed by atoms with Crippen LogP contribution in [-0.2, 0) is 4.79 Å². The number of carbonyl (C=O) groups is 1. The van der Waals surface area contributed by atoms with Crippen molar-refractivity contribution in [3.05, 3.63) is 70.2 Å². The fourth-order valence-corrected chi connectivity index (χ4v) is 3.99. The van der Waals surface area contributed by atoms with Gasteiger partial charge in [-0.2, -0.15) is 0 Å². The summed E-state index contributed by atoms with van der Waals surface area (Å²) >= 11 is 7.78. The lowest BCUT2D eigenvalue weighted by molar-refractivity contribution is -0.116. The van der Waals surface area contributed by atoms with Crippen LogP contribution in [0.5, 0.6) is 11.5 Å². The number of aromatic hydroxyl groups is 1. The van der Waals surface area contributed by atoms with Crippen molar-refractivity contribution in [2.75, 3.05) is 12.9 Å². The van der Waals surface area contributed by atoms with Gasteiger partial charge in [0.15, 0.2) is 22.8 Å². The number of halogens is 1. The topological polar surface area (TPSA) is 86.5 Å². The van der Waals surface area contributed by atoms with Crippen LogP contribution in [0.2, 0.25) is 5.02 Å². The minimum Gasteiger partial charge on any atom is -0.504 e. The highest BCUT2D eigenvalue weighted by Gasteiger charge is 2.35. The molecular weight excluding hydrogens is 412 g/mol. The molecule has 7 nitrogen and oxygen atoms in total. The number of fused-ring (bicyclic) bond motifs is 2. The molecule has 2 aromatic carbocycles. The molecule has 0 aliphatic carbocycles. The third-order valence-electron chi connectivity index (χ3n) is 4.43. The summed E-state index contributed by atoms with van der Waals surface area (Å²) in [5, 5.41) is 21.1. The van der Waals surface area contributed by atoms with E-state index in [1.54, 1.807) is 17.2 Å². The summed E-state index contributed by atoms with van der Waals surface area (Å²) in [6.45, 7) is 3.70. The molecule has 29 heavy (non-hydrogen) atoms. The van der Waals surface area contributed by atoms with Gasteiger partial charge in [-0.15, -0.1) is 11.7 Å². The molecule has 2 aromatic rings. The third-order valence-corrected chi connectivity index (χ3v) is 5.62. The molecule has 0 radical (unpaired) electrons. The number of hydrogen-bond acceptors (Lipinski definition) is 7. The quantitative estimate of drug-likeness (QED) is 0.728. The predicted molar refractivity (Wildman–Crippen MR) is 113 cm³/mol. The predicted octanol–water partition coefficient (Wildman–Crippen LogP) is 2.12. The number of phenols is 1. The molecule has 2 aliphatic heterocycles. The molecule has 1 unspecified atom stereocenters. The number of methoxy groups -OCH3 is 1. The first kappa shape index (κ1) is 19.4. The van der Waals surface area contributed by atoms with Gasteiger partial charge in [0, 0.05) is 22.6 Å². The molecule has 2 N–H and O–H groups in total. The van der Waals surface area contributed by atoms with E-state index in [1.165, 1.54) is 24.9 Å².